The number of hydrogen-bond donors (Lipinski definition) is 2. The van der Waals surface area contributed by atoms with Crippen LogP contribution in [0.5, 0.6) is 0 Å². The number of para-hydroxylation sites is 1. The highest BCUT2D eigenvalue weighted by Gasteiger charge is 2.55. The van der Waals surface area contributed by atoms with Crippen molar-refractivity contribution in [2.75, 3.05) is 0 Å². The third-order valence-electron chi connectivity index (χ3n) is 7.74. The van der Waals surface area contributed by atoms with E-state index in [9.17, 15) is 23.3 Å². The zero-order valence-electron chi connectivity index (χ0n) is 16.8. The van der Waals surface area contributed by atoms with Crippen molar-refractivity contribution in [1.82, 2.24) is 10.0 Å². The number of nitro groups is 1. The van der Waals surface area contributed by atoms with E-state index in [-0.39, 0.29) is 11.4 Å². The highest BCUT2D eigenvalue weighted by atomic mass is 32.2. The molecule has 30 heavy (non-hydrogen) atoms. The van der Waals surface area contributed by atoms with Crippen LogP contribution >= 0.6 is 0 Å². The maximum atomic E-state index is 13.4. The van der Waals surface area contributed by atoms with E-state index in [1.54, 1.807) is 0 Å². The van der Waals surface area contributed by atoms with Crippen LogP contribution in [-0.4, -0.2) is 30.3 Å². The molecule has 4 bridgehead atoms. The van der Waals surface area contributed by atoms with Gasteiger partial charge in [-0.05, 0) is 81.6 Å². The Morgan fingerprint density at radius 1 is 1.03 bits per heavy atom. The van der Waals surface area contributed by atoms with Crippen LogP contribution in [-0.2, 0) is 14.8 Å². The number of hydrogen-bond acceptors (Lipinski definition) is 5. The molecular weight excluding hydrogens is 406 g/mol. The van der Waals surface area contributed by atoms with Gasteiger partial charge in [0.1, 0.15) is 5.54 Å². The predicted octanol–water partition coefficient (Wildman–Crippen LogP) is 2.88. The van der Waals surface area contributed by atoms with Crippen LogP contribution in [0.15, 0.2) is 29.2 Å². The van der Waals surface area contributed by atoms with Gasteiger partial charge in [-0.3, -0.25) is 14.9 Å². The minimum Gasteiger partial charge on any atom is -0.349 e. The van der Waals surface area contributed by atoms with Gasteiger partial charge in [0.2, 0.25) is 15.9 Å². The SMILES string of the molecule is O=C(NC12CC3CC(CC(C3)C1)C2)C1(NS(=O)(=O)c2ccccc2[N+](=O)[O-])CCC1. The lowest BCUT2D eigenvalue weighted by Crippen LogP contribution is -2.68. The topological polar surface area (TPSA) is 118 Å². The van der Waals surface area contributed by atoms with Gasteiger partial charge < -0.3 is 5.32 Å². The van der Waals surface area contributed by atoms with Crippen LogP contribution in [0.1, 0.15) is 57.8 Å². The molecular formula is C21H27N3O5S. The van der Waals surface area contributed by atoms with Gasteiger partial charge in [0.15, 0.2) is 4.90 Å². The van der Waals surface area contributed by atoms with Crippen molar-refractivity contribution in [3.63, 3.8) is 0 Å². The molecule has 0 saturated heterocycles. The normalized spacial score (nSPS) is 33.7. The number of carbonyl (C=O) groups is 1. The number of carbonyl (C=O) groups excluding carboxylic acids is 1. The smallest absolute Gasteiger partial charge is 0.289 e. The van der Waals surface area contributed by atoms with E-state index in [4.69, 9.17) is 0 Å². The third-order valence-corrected chi connectivity index (χ3v) is 9.32. The second kappa shape index (κ2) is 6.75. The first-order valence-corrected chi connectivity index (χ1v) is 12.3. The fraction of sp³-hybridized carbons (Fsp3) is 0.667. The number of nitrogens with one attached hydrogen (secondary N) is 2. The molecule has 0 unspecified atom stereocenters. The number of benzene rings is 1. The Kier molecular flexibility index (Phi) is 4.49. The zero-order chi connectivity index (χ0) is 21.1. The molecule has 2 N–H and O–H groups in total. The molecule has 5 aliphatic rings. The average molecular weight is 434 g/mol. The van der Waals surface area contributed by atoms with E-state index in [1.807, 2.05) is 0 Å². The molecule has 5 aliphatic carbocycles. The Labute approximate surface area is 176 Å². The Morgan fingerprint density at radius 2 is 1.60 bits per heavy atom. The first-order valence-electron chi connectivity index (χ1n) is 10.8. The molecule has 0 heterocycles. The molecule has 0 aliphatic heterocycles. The maximum Gasteiger partial charge on any atom is 0.289 e. The second-order valence-corrected chi connectivity index (χ2v) is 11.6. The largest absolute Gasteiger partial charge is 0.349 e. The number of amides is 1. The minimum atomic E-state index is -4.22. The number of rotatable bonds is 6. The fourth-order valence-corrected chi connectivity index (χ4v) is 8.27. The molecule has 1 aromatic carbocycles. The molecule has 0 radical (unpaired) electrons. The maximum absolute atomic E-state index is 13.4. The average Bonchev–Trinajstić information content (AvgIpc) is 2.63. The van der Waals surface area contributed by atoms with Crippen molar-refractivity contribution in [3.05, 3.63) is 34.4 Å². The van der Waals surface area contributed by atoms with Crippen molar-refractivity contribution in [2.24, 2.45) is 17.8 Å². The molecule has 5 saturated carbocycles. The summed E-state index contributed by atoms with van der Waals surface area (Å²) in [4.78, 5) is 23.6. The Balaban J connectivity index is 1.38. The summed E-state index contributed by atoms with van der Waals surface area (Å²) in [5.41, 5.74) is -1.91. The summed E-state index contributed by atoms with van der Waals surface area (Å²) >= 11 is 0. The first kappa shape index (κ1) is 19.9. The van der Waals surface area contributed by atoms with Crippen molar-refractivity contribution in [2.45, 2.75) is 73.8 Å². The molecule has 5 fully saturated rings. The molecule has 0 aromatic heterocycles. The van der Waals surface area contributed by atoms with Crippen molar-refractivity contribution in [3.8, 4) is 0 Å². The quantitative estimate of drug-likeness (QED) is 0.528. The Hall–Kier alpha value is -2.00. The molecule has 0 atom stereocenters. The highest BCUT2D eigenvalue weighted by Crippen LogP contribution is 2.56. The van der Waals surface area contributed by atoms with E-state index in [0.29, 0.717) is 30.6 Å². The molecule has 162 valence electrons. The standard InChI is InChI=1S/C21H27N3O5S/c25-19(22-20-11-14-8-15(12-20)10-16(9-14)13-20)21(6-3-7-21)23-30(28,29)18-5-2-1-4-17(18)24(26)27/h1-2,4-5,14-16,23H,3,6-13H2,(H,22,25). The van der Waals surface area contributed by atoms with Gasteiger partial charge in [0.25, 0.3) is 5.69 Å². The Morgan fingerprint density at radius 3 is 2.10 bits per heavy atom. The summed E-state index contributed by atoms with van der Waals surface area (Å²) in [5.74, 6) is 1.73. The van der Waals surface area contributed by atoms with Crippen LogP contribution in [0.3, 0.4) is 0 Å². The van der Waals surface area contributed by atoms with Crippen LogP contribution in [0.4, 0.5) is 5.69 Å². The minimum absolute atomic E-state index is 0.210. The van der Waals surface area contributed by atoms with E-state index >= 15 is 0 Å². The number of sulfonamides is 1. The molecule has 8 nitrogen and oxygen atoms in total. The van der Waals surface area contributed by atoms with Gasteiger partial charge in [-0.25, -0.2) is 8.42 Å². The van der Waals surface area contributed by atoms with Crippen molar-refractivity contribution < 1.29 is 18.1 Å². The zero-order valence-corrected chi connectivity index (χ0v) is 17.6. The summed E-state index contributed by atoms with van der Waals surface area (Å²) in [6.45, 7) is 0. The predicted molar refractivity (Wildman–Crippen MR) is 109 cm³/mol. The lowest BCUT2D eigenvalue weighted by atomic mass is 9.53. The molecule has 1 aromatic rings. The summed E-state index contributed by atoms with van der Waals surface area (Å²) in [5, 5.41) is 14.6. The van der Waals surface area contributed by atoms with Gasteiger partial charge >= 0.3 is 0 Å². The van der Waals surface area contributed by atoms with Gasteiger partial charge in [-0.2, -0.15) is 4.72 Å². The van der Waals surface area contributed by atoms with E-state index < -0.39 is 31.1 Å². The van der Waals surface area contributed by atoms with Gasteiger partial charge in [0, 0.05) is 11.6 Å². The fourth-order valence-electron chi connectivity index (χ4n) is 6.68. The summed E-state index contributed by atoms with van der Waals surface area (Å²) in [7, 11) is -4.22. The number of nitro benzene ring substituents is 1. The van der Waals surface area contributed by atoms with Gasteiger partial charge in [0.05, 0.1) is 4.92 Å². The van der Waals surface area contributed by atoms with E-state index in [2.05, 4.69) is 10.0 Å². The van der Waals surface area contributed by atoms with Gasteiger partial charge in [-0.15, -0.1) is 0 Å². The van der Waals surface area contributed by atoms with Crippen molar-refractivity contribution >= 4 is 21.6 Å². The van der Waals surface area contributed by atoms with Crippen molar-refractivity contribution in [1.29, 1.82) is 0 Å². The second-order valence-electron chi connectivity index (χ2n) is 9.92. The lowest BCUT2D eigenvalue weighted by Gasteiger charge is -2.57. The summed E-state index contributed by atoms with van der Waals surface area (Å²) in [6.07, 6.45) is 8.27. The highest BCUT2D eigenvalue weighted by molar-refractivity contribution is 7.89. The van der Waals surface area contributed by atoms with E-state index in [0.717, 1.165) is 31.7 Å². The molecule has 6 rings (SSSR count). The molecule has 1 amide bonds. The lowest BCUT2D eigenvalue weighted by molar-refractivity contribution is -0.387. The third kappa shape index (κ3) is 3.22. The molecule has 9 heteroatoms. The van der Waals surface area contributed by atoms with Crippen LogP contribution in [0.25, 0.3) is 0 Å². The van der Waals surface area contributed by atoms with Crippen LogP contribution in [0, 0.1) is 27.9 Å². The van der Waals surface area contributed by atoms with E-state index in [1.165, 1.54) is 37.5 Å². The number of nitrogens with zero attached hydrogens (tertiary/aromatic N) is 1. The van der Waals surface area contributed by atoms with Crippen LogP contribution in [0.2, 0.25) is 0 Å². The Bertz CT molecular complexity index is 966. The monoisotopic (exact) mass is 433 g/mol. The van der Waals surface area contributed by atoms with Gasteiger partial charge in [-0.1, -0.05) is 12.1 Å². The molecule has 0 spiro atoms. The summed E-state index contributed by atoms with van der Waals surface area (Å²) in [6, 6.07) is 5.25. The first-order chi connectivity index (χ1) is 14.2. The van der Waals surface area contributed by atoms with Crippen LogP contribution < -0.4 is 10.0 Å². The summed E-state index contributed by atoms with van der Waals surface area (Å²) < 4.78 is 28.6.